The lowest BCUT2D eigenvalue weighted by Gasteiger charge is -2.16. The zero-order valence-electron chi connectivity index (χ0n) is 15.8. The van der Waals surface area contributed by atoms with Gasteiger partial charge in [-0.2, -0.15) is 0 Å². The number of carbonyl (C=O) groups excluding carboxylic acids is 2. The average Bonchev–Trinajstić information content (AvgIpc) is 3.21. The third-order valence-electron chi connectivity index (χ3n) is 5.27. The molecule has 1 fully saturated rings. The normalized spacial score (nSPS) is 15.1. The number of carboxylic acid groups (broad SMARTS) is 1. The van der Waals surface area contributed by atoms with Gasteiger partial charge in [0.15, 0.2) is 5.78 Å². The minimum atomic E-state index is -1.05. The number of nitrogens with one attached hydrogen (secondary N) is 1. The molecule has 0 bridgehead atoms. The fraction of sp³-hybridized carbons (Fsp3) is 0.348. The van der Waals surface area contributed by atoms with Crippen LogP contribution >= 0.6 is 0 Å². The fourth-order valence-electron chi connectivity index (χ4n) is 3.71. The van der Waals surface area contributed by atoms with Crippen LogP contribution in [0.25, 0.3) is 0 Å². The first kappa shape index (κ1) is 19.8. The Balaban J connectivity index is 1.61. The van der Waals surface area contributed by atoms with Gasteiger partial charge < -0.3 is 10.4 Å². The van der Waals surface area contributed by atoms with Gasteiger partial charge in [-0.3, -0.25) is 9.59 Å². The summed E-state index contributed by atoms with van der Waals surface area (Å²) in [6, 6.07) is 14.9. The Labute approximate surface area is 164 Å². The van der Waals surface area contributed by atoms with Crippen molar-refractivity contribution < 1.29 is 19.5 Å². The zero-order valence-corrected chi connectivity index (χ0v) is 15.8. The van der Waals surface area contributed by atoms with Crippen LogP contribution in [0.3, 0.4) is 0 Å². The third kappa shape index (κ3) is 5.28. The maximum absolute atomic E-state index is 12.4. The molecule has 5 nitrogen and oxygen atoms in total. The minimum absolute atomic E-state index is 0.0770. The molecule has 0 aliphatic heterocycles. The van der Waals surface area contributed by atoms with E-state index in [4.69, 9.17) is 0 Å². The Morgan fingerprint density at radius 1 is 0.929 bits per heavy atom. The summed E-state index contributed by atoms with van der Waals surface area (Å²) in [4.78, 5) is 36.2. The van der Waals surface area contributed by atoms with Gasteiger partial charge >= 0.3 is 5.97 Å². The predicted octanol–water partition coefficient (Wildman–Crippen LogP) is 3.61. The molecule has 0 aromatic heterocycles. The number of rotatable bonds is 8. The Bertz CT molecular complexity index is 823. The summed E-state index contributed by atoms with van der Waals surface area (Å²) in [5.41, 5.74) is 1.92. The van der Waals surface area contributed by atoms with Crippen LogP contribution in [0.2, 0.25) is 0 Å². The number of aliphatic carboxylic acids is 1. The summed E-state index contributed by atoms with van der Waals surface area (Å²) >= 11 is 0. The molecule has 0 spiro atoms. The molecule has 1 atom stereocenters. The first-order valence-electron chi connectivity index (χ1n) is 9.74. The van der Waals surface area contributed by atoms with Crippen molar-refractivity contribution in [2.24, 2.45) is 5.92 Å². The number of benzene rings is 2. The van der Waals surface area contributed by atoms with Crippen LogP contribution in [-0.2, 0) is 16.0 Å². The van der Waals surface area contributed by atoms with Crippen molar-refractivity contribution in [1.29, 1.82) is 0 Å². The maximum Gasteiger partial charge on any atom is 0.326 e. The van der Waals surface area contributed by atoms with Crippen LogP contribution in [-0.4, -0.2) is 28.8 Å². The molecule has 2 aromatic rings. The second-order valence-electron chi connectivity index (χ2n) is 7.41. The van der Waals surface area contributed by atoms with Crippen molar-refractivity contribution in [2.75, 3.05) is 0 Å². The maximum atomic E-state index is 12.4. The van der Waals surface area contributed by atoms with E-state index in [2.05, 4.69) is 5.32 Å². The van der Waals surface area contributed by atoms with Crippen molar-refractivity contribution >= 4 is 17.7 Å². The van der Waals surface area contributed by atoms with Gasteiger partial charge in [0, 0.05) is 24.0 Å². The quantitative estimate of drug-likeness (QED) is 0.687. The van der Waals surface area contributed by atoms with Crippen molar-refractivity contribution in [2.45, 2.75) is 44.6 Å². The van der Waals surface area contributed by atoms with Crippen LogP contribution in [0, 0.1) is 5.92 Å². The summed E-state index contributed by atoms with van der Waals surface area (Å²) in [5, 5.41) is 12.1. The van der Waals surface area contributed by atoms with Gasteiger partial charge in [0.1, 0.15) is 6.04 Å². The second-order valence-corrected chi connectivity index (χ2v) is 7.41. The van der Waals surface area contributed by atoms with E-state index in [9.17, 15) is 19.5 Å². The minimum Gasteiger partial charge on any atom is -0.480 e. The van der Waals surface area contributed by atoms with Gasteiger partial charge in [0.2, 0.25) is 5.91 Å². The van der Waals surface area contributed by atoms with E-state index in [0.29, 0.717) is 23.5 Å². The number of carbonyl (C=O) groups is 3. The van der Waals surface area contributed by atoms with Crippen LogP contribution in [0.15, 0.2) is 54.6 Å². The molecular weight excluding hydrogens is 354 g/mol. The Kier molecular flexibility index (Phi) is 6.58. The first-order valence-corrected chi connectivity index (χ1v) is 9.74. The average molecular weight is 379 g/mol. The van der Waals surface area contributed by atoms with E-state index in [1.54, 1.807) is 36.4 Å². The fourth-order valence-corrected chi connectivity index (χ4v) is 3.71. The van der Waals surface area contributed by atoms with Crippen molar-refractivity contribution in [3.05, 3.63) is 71.3 Å². The Morgan fingerprint density at radius 2 is 1.54 bits per heavy atom. The molecule has 0 radical (unpaired) electrons. The highest BCUT2D eigenvalue weighted by atomic mass is 16.4. The van der Waals surface area contributed by atoms with E-state index in [1.165, 1.54) is 0 Å². The molecule has 1 aliphatic carbocycles. The molecule has 0 saturated heterocycles. The largest absolute Gasteiger partial charge is 0.480 e. The van der Waals surface area contributed by atoms with E-state index < -0.39 is 12.0 Å². The molecule has 0 heterocycles. The van der Waals surface area contributed by atoms with Crippen LogP contribution in [0.5, 0.6) is 0 Å². The lowest BCUT2D eigenvalue weighted by Crippen LogP contribution is -2.42. The molecule has 28 heavy (non-hydrogen) atoms. The molecule has 146 valence electrons. The summed E-state index contributed by atoms with van der Waals surface area (Å²) in [7, 11) is 0. The van der Waals surface area contributed by atoms with Gasteiger partial charge in [-0.15, -0.1) is 0 Å². The molecule has 5 heteroatoms. The Hall–Kier alpha value is -2.95. The van der Waals surface area contributed by atoms with E-state index in [1.807, 2.05) is 18.2 Å². The van der Waals surface area contributed by atoms with Crippen molar-refractivity contribution in [1.82, 2.24) is 5.32 Å². The van der Waals surface area contributed by atoms with Crippen LogP contribution in [0.4, 0.5) is 0 Å². The zero-order chi connectivity index (χ0) is 19.9. The molecule has 2 N–H and O–H groups in total. The van der Waals surface area contributed by atoms with Gasteiger partial charge in [0.05, 0.1) is 0 Å². The number of hydrogen-bond donors (Lipinski definition) is 2. The van der Waals surface area contributed by atoms with Gasteiger partial charge in [-0.1, -0.05) is 67.4 Å². The van der Waals surface area contributed by atoms with Crippen molar-refractivity contribution in [3.8, 4) is 0 Å². The van der Waals surface area contributed by atoms with Crippen LogP contribution in [0.1, 0.15) is 53.6 Å². The number of hydrogen-bond acceptors (Lipinski definition) is 3. The lowest BCUT2D eigenvalue weighted by molar-refractivity contribution is -0.141. The van der Waals surface area contributed by atoms with Crippen LogP contribution < -0.4 is 5.32 Å². The molecule has 1 amide bonds. The third-order valence-corrected chi connectivity index (χ3v) is 5.27. The molecule has 1 saturated carbocycles. The highest BCUT2D eigenvalue weighted by Crippen LogP contribution is 2.27. The summed E-state index contributed by atoms with van der Waals surface area (Å²) in [6.07, 6.45) is 4.96. The highest BCUT2D eigenvalue weighted by Gasteiger charge is 2.24. The predicted molar refractivity (Wildman–Crippen MR) is 106 cm³/mol. The lowest BCUT2D eigenvalue weighted by atomic mass is 9.99. The summed E-state index contributed by atoms with van der Waals surface area (Å²) in [5.74, 6) is -0.955. The SMILES string of the molecule is O=C(CC1CCCC1)N[C@H](Cc1ccc(C(=O)c2ccccc2)cc1)C(=O)O. The van der Waals surface area contributed by atoms with Gasteiger partial charge in [-0.05, 0) is 24.3 Å². The molecule has 2 aromatic carbocycles. The van der Waals surface area contributed by atoms with E-state index in [-0.39, 0.29) is 18.1 Å². The number of carboxylic acids is 1. The van der Waals surface area contributed by atoms with E-state index in [0.717, 1.165) is 31.2 Å². The molecule has 0 unspecified atom stereocenters. The van der Waals surface area contributed by atoms with Crippen molar-refractivity contribution in [3.63, 3.8) is 0 Å². The van der Waals surface area contributed by atoms with Gasteiger partial charge in [0.25, 0.3) is 0 Å². The topological polar surface area (TPSA) is 83.5 Å². The second kappa shape index (κ2) is 9.31. The Morgan fingerprint density at radius 3 is 2.14 bits per heavy atom. The van der Waals surface area contributed by atoms with E-state index >= 15 is 0 Å². The molecular formula is C23H25NO4. The summed E-state index contributed by atoms with van der Waals surface area (Å²) in [6.45, 7) is 0. The number of ketones is 1. The first-order chi connectivity index (χ1) is 13.5. The standard InChI is InChI=1S/C23H25NO4/c25-21(15-16-6-4-5-7-16)24-20(23(27)28)14-17-10-12-19(13-11-17)22(26)18-8-2-1-3-9-18/h1-3,8-13,16,20H,4-7,14-15H2,(H,24,25)(H,27,28)/t20-/m1/s1. The monoisotopic (exact) mass is 379 g/mol. The number of amides is 1. The summed E-state index contributed by atoms with van der Waals surface area (Å²) < 4.78 is 0. The van der Waals surface area contributed by atoms with Gasteiger partial charge in [-0.25, -0.2) is 4.79 Å². The highest BCUT2D eigenvalue weighted by molar-refractivity contribution is 6.08. The molecule has 3 rings (SSSR count). The smallest absolute Gasteiger partial charge is 0.326 e. The molecule has 1 aliphatic rings.